The summed E-state index contributed by atoms with van der Waals surface area (Å²) in [5, 5.41) is 5.58. The molecule has 0 amide bonds. The van der Waals surface area contributed by atoms with Crippen molar-refractivity contribution in [3.63, 3.8) is 0 Å². The van der Waals surface area contributed by atoms with E-state index in [1.54, 1.807) is 12.1 Å². The summed E-state index contributed by atoms with van der Waals surface area (Å²) in [6, 6.07) is 11.1. The number of benzene rings is 2. The minimum atomic E-state index is -3.78. The number of nitrogens with one attached hydrogen (secondary N) is 1. The lowest BCUT2D eigenvalue weighted by Crippen LogP contribution is -2.21. The van der Waals surface area contributed by atoms with Gasteiger partial charge in [0.25, 0.3) is 5.56 Å². The highest BCUT2D eigenvalue weighted by atomic mass is 32.2. The van der Waals surface area contributed by atoms with E-state index in [1.165, 1.54) is 28.8 Å². The van der Waals surface area contributed by atoms with E-state index in [0.717, 1.165) is 5.56 Å². The van der Waals surface area contributed by atoms with Gasteiger partial charge in [-0.3, -0.25) is 9.36 Å². The number of aryl methyl sites for hydroxylation is 1. The molecular formula is C15H13N3O3S2. The number of primary sulfonamides is 1. The lowest BCUT2D eigenvalue weighted by atomic mass is 10.1. The van der Waals surface area contributed by atoms with Crippen molar-refractivity contribution in [2.45, 2.75) is 11.8 Å². The fraction of sp³-hybridized carbons (Fsp3) is 0.0667. The van der Waals surface area contributed by atoms with Gasteiger partial charge in [-0.15, -0.1) is 0 Å². The van der Waals surface area contributed by atoms with E-state index < -0.39 is 10.0 Å². The molecule has 0 unspecified atom stereocenters. The van der Waals surface area contributed by atoms with Crippen LogP contribution in [0.3, 0.4) is 0 Å². The van der Waals surface area contributed by atoms with Crippen LogP contribution in [0.5, 0.6) is 0 Å². The summed E-state index contributed by atoms with van der Waals surface area (Å²) in [6.45, 7) is 1.89. The summed E-state index contributed by atoms with van der Waals surface area (Å²) in [5.41, 5.74) is 1.81. The number of rotatable bonds is 2. The van der Waals surface area contributed by atoms with Crippen LogP contribution in [0.25, 0.3) is 16.6 Å². The largest absolute Gasteiger partial charge is 0.331 e. The maximum atomic E-state index is 12.7. The molecule has 2 aromatic carbocycles. The zero-order chi connectivity index (χ0) is 16.8. The third kappa shape index (κ3) is 2.83. The fourth-order valence-electron chi connectivity index (χ4n) is 2.35. The standard InChI is InChI=1S/C15H13N3O3S2/c1-9-2-7-13-12(8-9)14(19)18(15(22)17-13)10-3-5-11(6-4-10)23(16,20)21/h2-8H,1H3,(H,17,22)(H2,16,20,21). The van der Waals surface area contributed by atoms with Crippen molar-refractivity contribution < 1.29 is 8.42 Å². The van der Waals surface area contributed by atoms with Gasteiger partial charge in [-0.2, -0.15) is 0 Å². The van der Waals surface area contributed by atoms with Crippen LogP contribution in [0.1, 0.15) is 5.56 Å². The molecule has 0 bridgehead atoms. The molecule has 0 saturated carbocycles. The smallest absolute Gasteiger partial charge is 0.266 e. The number of H-pyrrole nitrogens is 1. The first-order valence-corrected chi connectivity index (χ1v) is 8.62. The van der Waals surface area contributed by atoms with Crippen LogP contribution in [0.4, 0.5) is 0 Å². The lowest BCUT2D eigenvalue weighted by Gasteiger charge is -2.09. The lowest BCUT2D eigenvalue weighted by molar-refractivity contribution is 0.598. The van der Waals surface area contributed by atoms with E-state index >= 15 is 0 Å². The minimum Gasteiger partial charge on any atom is -0.331 e. The molecule has 0 saturated heterocycles. The van der Waals surface area contributed by atoms with Crippen molar-refractivity contribution in [2.75, 3.05) is 0 Å². The van der Waals surface area contributed by atoms with Gasteiger partial charge in [0.05, 0.1) is 21.5 Å². The second-order valence-corrected chi connectivity index (χ2v) is 7.11. The Balaban J connectivity index is 2.28. The number of fused-ring (bicyclic) bond motifs is 1. The Hall–Kier alpha value is -2.29. The summed E-state index contributed by atoms with van der Waals surface area (Å²) in [4.78, 5) is 15.7. The molecule has 0 radical (unpaired) electrons. The molecule has 6 nitrogen and oxygen atoms in total. The average Bonchev–Trinajstić information content (AvgIpc) is 2.48. The maximum Gasteiger partial charge on any atom is 0.266 e. The Morgan fingerprint density at radius 3 is 2.39 bits per heavy atom. The van der Waals surface area contributed by atoms with Crippen LogP contribution < -0.4 is 10.7 Å². The Labute approximate surface area is 137 Å². The van der Waals surface area contributed by atoms with E-state index in [-0.39, 0.29) is 15.2 Å². The topological polar surface area (TPSA) is 97.9 Å². The number of nitrogens with zero attached hydrogens (tertiary/aromatic N) is 1. The number of aromatic nitrogens is 2. The molecule has 0 aliphatic rings. The fourth-order valence-corrected chi connectivity index (χ4v) is 3.16. The third-order valence-corrected chi connectivity index (χ3v) is 4.69. The molecule has 23 heavy (non-hydrogen) atoms. The van der Waals surface area contributed by atoms with E-state index in [9.17, 15) is 13.2 Å². The molecule has 0 atom stereocenters. The average molecular weight is 347 g/mol. The molecule has 3 rings (SSSR count). The Morgan fingerprint density at radius 2 is 1.78 bits per heavy atom. The molecule has 3 aromatic rings. The molecule has 8 heteroatoms. The summed E-state index contributed by atoms with van der Waals surface area (Å²) in [5.74, 6) is 0. The van der Waals surface area contributed by atoms with E-state index in [4.69, 9.17) is 17.4 Å². The van der Waals surface area contributed by atoms with Crippen molar-refractivity contribution in [2.24, 2.45) is 5.14 Å². The van der Waals surface area contributed by atoms with E-state index in [0.29, 0.717) is 16.6 Å². The molecule has 1 aromatic heterocycles. The predicted octanol–water partition coefficient (Wildman–Crippen LogP) is 2.00. The SMILES string of the molecule is Cc1ccc2[nH]c(=S)n(-c3ccc(S(N)(=O)=O)cc3)c(=O)c2c1. The van der Waals surface area contributed by atoms with Crippen molar-refractivity contribution in [1.29, 1.82) is 0 Å². The van der Waals surface area contributed by atoms with Gasteiger partial charge >= 0.3 is 0 Å². The Bertz CT molecular complexity index is 1130. The first-order chi connectivity index (χ1) is 10.8. The van der Waals surface area contributed by atoms with Gasteiger partial charge in [0.1, 0.15) is 0 Å². The van der Waals surface area contributed by atoms with Crippen LogP contribution in [0.15, 0.2) is 52.2 Å². The molecule has 0 aliphatic carbocycles. The zero-order valence-corrected chi connectivity index (χ0v) is 13.7. The first kappa shape index (κ1) is 15.6. The number of nitrogens with two attached hydrogens (primary N) is 1. The van der Waals surface area contributed by atoms with Gasteiger partial charge in [0, 0.05) is 0 Å². The van der Waals surface area contributed by atoms with Crippen LogP contribution in [-0.2, 0) is 10.0 Å². The maximum absolute atomic E-state index is 12.7. The van der Waals surface area contributed by atoms with Gasteiger partial charge in [0.15, 0.2) is 4.77 Å². The van der Waals surface area contributed by atoms with E-state index in [1.807, 2.05) is 13.0 Å². The molecule has 3 N–H and O–H groups in total. The Morgan fingerprint density at radius 1 is 1.13 bits per heavy atom. The van der Waals surface area contributed by atoms with Gasteiger partial charge in [-0.1, -0.05) is 11.6 Å². The van der Waals surface area contributed by atoms with Crippen LogP contribution in [0.2, 0.25) is 0 Å². The van der Waals surface area contributed by atoms with Gasteiger partial charge < -0.3 is 4.98 Å². The zero-order valence-electron chi connectivity index (χ0n) is 12.1. The monoisotopic (exact) mass is 347 g/mol. The number of aromatic amines is 1. The van der Waals surface area contributed by atoms with Gasteiger partial charge in [-0.05, 0) is 55.5 Å². The normalized spacial score (nSPS) is 11.7. The quantitative estimate of drug-likeness (QED) is 0.693. The molecule has 0 spiro atoms. The highest BCUT2D eigenvalue weighted by Crippen LogP contribution is 2.14. The van der Waals surface area contributed by atoms with Crippen molar-refractivity contribution >= 4 is 33.1 Å². The molecule has 118 valence electrons. The first-order valence-electron chi connectivity index (χ1n) is 6.66. The second-order valence-electron chi connectivity index (χ2n) is 5.16. The van der Waals surface area contributed by atoms with E-state index in [2.05, 4.69) is 4.98 Å². The summed E-state index contributed by atoms with van der Waals surface area (Å²) < 4.78 is 24.2. The highest BCUT2D eigenvalue weighted by molar-refractivity contribution is 7.89. The minimum absolute atomic E-state index is 0.0270. The van der Waals surface area contributed by atoms with Crippen molar-refractivity contribution in [1.82, 2.24) is 9.55 Å². The molecule has 1 heterocycles. The van der Waals surface area contributed by atoms with Crippen LogP contribution in [0, 0.1) is 11.7 Å². The summed E-state index contributed by atoms with van der Waals surface area (Å²) in [7, 11) is -3.78. The Kier molecular flexibility index (Phi) is 3.67. The van der Waals surface area contributed by atoms with Gasteiger partial charge in [0.2, 0.25) is 10.0 Å². The molecular weight excluding hydrogens is 334 g/mol. The summed E-state index contributed by atoms with van der Waals surface area (Å²) in [6.07, 6.45) is 0. The second kappa shape index (κ2) is 5.41. The predicted molar refractivity (Wildman–Crippen MR) is 90.8 cm³/mol. The number of sulfonamides is 1. The van der Waals surface area contributed by atoms with Crippen molar-refractivity contribution in [3.05, 3.63) is 63.2 Å². The third-order valence-electron chi connectivity index (χ3n) is 3.48. The highest BCUT2D eigenvalue weighted by Gasteiger charge is 2.10. The van der Waals surface area contributed by atoms with Crippen LogP contribution in [-0.4, -0.2) is 18.0 Å². The number of hydrogen-bond donors (Lipinski definition) is 2. The summed E-state index contributed by atoms with van der Waals surface area (Å²) >= 11 is 5.25. The van der Waals surface area contributed by atoms with Gasteiger partial charge in [-0.25, -0.2) is 13.6 Å². The molecule has 0 fully saturated rings. The van der Waals surface area contributed by atoms with Crippen LogP contribution >= 0.6 is 12.2 Å². The molecule has 0 aliphatic heterocycles. The van der Waals surface area contributed by atoms with Crippen molar-refractivity contribution in [3.8, 4) is 5.69 Å². The number of hydrogen-bond acceptors (Lipinski definition) is 4.